The number of nitrogens with zero attached hydrogens (tertiary/aromatic N) is 2. The largest absolute Gasteiger partial charge is 0.382 e. The van der Waals surface area contributed by atoms with Gasteiger partial charge in [0.2, 0.25) is 0 Å². The molecule has 1 heterocycles. The fourth-order valence-electron chi connectivity index (χ4n) is 1.36. The highest BCUT2D eigenvalue weighted by Crippen LogP contribution is 2.31. The molecule has 0 bridgehead atoms. The van der Waals surface area contributed by atoms with Gasteiger partial charge in [0.15, 0.2) is 0 Å². The molecule has 0 aromatic carbocycles. The van der Waals surface area contributed by atoms with Gasteiger partial charge in [-0.2, -0.15) is 0 Å². The minimum absolute atomic E-state index is 0.309. The lowest BCUT2D eigenvalue weighted by molar-refractivity contribution is 0.503. The molecule has 0 saturated carbocycles. The normalized spacial score (nSPS) is 12.9. The molecule has 0 aliphatic rings. The van der Waals surface area contributed by atoms with E-state index in [9.17, 15) is 0 Å². The van der Waals surface area contributed by atoms with Crippen molar-refractivity contribution in [2.45, 2.75) is 26.8 Å². The van der Waals surface area contributed by atoms with E-state index < -0.39 is 0 Å². The third-order valence-electron chi connectivity index (χ3n) is 2.85. The van der Waals surface area contributed by atoms with Gasteiger partial charge in [0.1, 0.15) is 11.6 Å². The summed E-state index contributed by atoms with van der Waals surface area (Å²) in [6.07, 6.45) is 0. The smallest absolute Gasteiger partial charge is 0.149 e. The summed E-state index contributed by atoms with van der Waals surface area (Å²) < 4.78 is 0. The summed E-state index contributed by atoms with van der Waals surface area (Å²) in [6.45, 7) is 6.41. The first-order valence-corrected chi connectivity index (χ1v) is 5.94. The van der Waals surface area contributed by atoms with Crippen LogP contribution in [0, 0.1) is 5.92 Å². The SMILES string of the molecule is CC(C)C(C)N(C)c1nc(N)c(Cl)cc1Cl. The minimum atomic E-state index is 0.309. The van der Waals surface area contributed by atoms with Gasteiger partial charge >= 0.3 is 0 Å². The van der Waals surface area contributed by atoms with Crippen LogP contribution in [0.1, 0.15) is 20.8 Å². The van der Waals surface area contributed by atoms with Crippen molar-refractivity contribution in [1.82, 2.24) is 4.98 Å². The zero-order chi connectivity index (χ0) is 12.5. The predicted octanol–water partition coefficient (Wildman–Crippen LogP) is 3.45. The lowest BCUT2D eigenvalue weighted by Crippen LogP contribution is -2.34. The van der Waals surface area contributed by atoms with Crippen molar-refractivity contribution in [1.29, 1.82) is 0 Å². The third kappa shape index (κ3) is 2.71. The monoisotopic (exact) mass is 261 g/mol. The molecule has 1 rings (SSSR count). The molecule has 90 valence electrons. The Balaban J connectivity index is 3.08. The van der Waals surface area contributed by atoms with E-state index in [1.54, 1.807) is 6.07 Å². The van der Waals surface area contributed by atoms with Gasteiger partial charge in [0.05, 0.1) is 10.0 Å². The molecular formula is C11H17Cl2N3. The van der Waals surface area contributed by atoms with Crippen LogP contribution in [-0.2, 0) is 0 Å². The lowest BCUT2D eigenvalue weighted by Gasteiger charge is -2.29. The molecule has 0 aliphatic heterocycles. The first-order chi connectivity index (χ1) is 7.34. The van der Waals surface area contributed by atoms with Crippen LogP contribution in [0.3, 0.4) is 0 Å². The van der Waals surface area contributed by atoms with E-state index in [4.69, 9.17) is 28.9 Å². The van der Waals surface area contributed by atoms with Gasteiger partial charge in [-0.05, 0) is 18.9 Å². The molecule has 0 amide bonds. The number of rotatable bonds is 3. The molecule has 5 heteroatoms. The van der Waals surface area contributed by atoms with Gasteiger partial charge in [0.25, 0.3) is 0 Å². The number of anilines is 2. The number of hydrogen-bond acceptors (Lipinski definition) is 3. The number of hydrogen-bond donors (Lipinski definition) is 1. The minimum Gasteiger partial charge on any atom is -0.382 e. The first-order valence-electron chi connectivity index (χ1n) is 5.19. The Labute approximate surface area is 107 Å². The molecule has 0 spiro atoms. The Bertz CT molecular complexity index is 380. The van der Waals surface area contributed by atoms with Crippen LogP contribution in [-0.4, -0.2) is 18.1 Å². The fourth-order valence-corrected chi connectivity index (χ4v) is 1.85. The van der Waals surface area contributed by atoms with Crippen molar-refractivity contribution in [2.75, 3.05) is 17.7 Å². The summed E-state index contributed by atoms with van der Waals surface area (Å²) in [5, 5.41) is 0.911. The van der Waals surface area contributed by atoms with Crippen LogP contribution in [0.2, 0.25) is 10.0 Å². The number of nitrogen functional groups attached to an aromatic ring is 1. The predicted molar refractivity (Wildman–Crippen MR) is 71.4 cm³/mol. The second-order valence-electron chi connectivity index (χ2n) is 4.26. The van der Waals surface area contributed by atoms with Crippen molar-refractivity contribution in [2.24, 2.45) is 5.92 Å². The summed E-state index contributed by atoms with van der Waals surface area (Å²) in [5.74, 6) is 1.48. The van der Waals surface area contributed by atoms with Crippen LogP contribution in [0.5, 0.6) is 0 Å². The second kappa shape index (κ2) is 5.11. The van der Waals surface area contributed by atoms with Gasteiger partial charge in [-0.3, -0.25) is 0 Å². The highest BCUT2D eigenvalue weighted by atomic mass is 35.5. The van der Waals surface area contributed by atoms with Crippen molar-refractivity contribution in [3.63, 3.8) is 0 Å². The van der Waals surface area contributed by atoms with E-state index >= 15 is 0 Å². The maximum absolute atomic E-state index is 6.10. The zero-order valence-electron chi connectivity index (χ0n) is 9.96. The first kappa shape index (κ1) is 13.4. The van der Waals surface area contributed by atoms with Crippen LogP contribution in [0.15, 0.2) is 6.07 Å². The Hall–Kier alpha value is -0.670. The van der Waals surface area contributed by atoms with E-state index in [-0.39, 0.29) is 0 Å². The average Bonchev–Trinajstić information content (AvgIpc) is 2.21. The molecule has 0 radical (unpaired) electrons. The summed E-state index contributed by atoms with van der Waals surface area (Å²) in [4.78, 5) is 6.23. The van der Waals surface area contributed by atoms with E-state index in [0.717, 1.165) is 0 Å². The third-order valence-corrected chi connectivity index (χ3v) is 3.43. The van der Waals surface area contributed by atoms with Crippen LogP contribution in [0.4, 0.5) is 11.6 Å². The number of halogens is 2. The molecule has 1 aromatic rings. The number of nitrogens with two attached hydrogens (primary N) is 1. The summed E-state index contributed by atoms with van der Waals surface area (Å²) in [6, 6.07) is 1.95. The van der Waals surface area contributed by atoms with Gasteiger partial charge in [-0.1, -0.05) is 37.0 Å². The molecule has 2 N–H and O–H groups in total. The van der Waals surface area contributed by atoms with E-state index in [2.05, 4.69) is 25.8 Å². The average molecular weight is 262 g/mol. The van der Waals surface area contributed by atoms with Crippen molar-refractivity contribution in [3.05, 3.63) is 16.1 Å². The highest BCUT2D eigenvalue weighted by Gasteiger charge is 2.18. The molecular weight excluding hydrogens is 245 g/mol. The van der Waals surface area contributed by atoms with Crippen LogP contribution < -0.4 is 10.6 Å². The fraction of sp³-hybridized carbons (Fsp3) is 0.545. The molecule has 1 aromatic heterocycles. The molecule has 0 saturated heterocycles. The molecule has 16 heavy (non-hydrogen) atoms. The Kier molecular flexibility index (Phi) is 4.28. The van der Waals surface area contributed by atoms with Gasteiger partial charge < -0.3 is 10.6 Å². The summed E-state index contributed by atoms with van der Waals surface area (Å²) >= 11 is 11.9. The topological polar surface area (TPSA) is 42.2 Å². The van der Waals surface area contributed by atoms with Gasteiger partial charge in [-0.25, -0.2) is 4.98 Å². The molecule has 0 aliphatic carbocycles. The number of aromatic nitrogens is 1. The molecule has 3 nitrogen and oxygen atoms in total. The van der Waals surface area contributed by atoms with E-state index in [0.29, 0.717) is 33.6 Å². The second-order valence-corrected chi connectivity index (χ2v) is 5.07. The summed E-state index contributed by atoms with van der Waals surface area (Å²) in [5.41, 5.74) is 5.68. The van der Waals surface area contributed by atoms with E-state index in [1.165, 1.54) is 0 Å². The number of pyridine rings is 1. The van der Waals surface area contributed by atoms with Gasteiger partial charge in [0, 0.05) is 13.1 Å². The lowest BCUT2D eigenvalue weighted by atomic mass is 10.1. The zero-order valence-corrected chi connectivity index (χ0v) is 11.5. The van der Waals surface area contributed by atoms with Gasteiger partial charge in [-0.15, -0.1) is 0 Å². The molecule has 1 unspecified atom stereocenters. The maximum atomic E-state index is 6.10. The van der Waals surface area contributed by atoms with E-state index in [1.807, 2.05) is 11.9 Å². The molecule has 0 fully saturated rings. The summed E-state index contributed by atoms with van der Waals surface area (Å²) in [7, 11) is 1.95. The van der Waals surface area contributed by atoms with Crippen molar-refractivity contribution < 1.29 is 0 Å². The maximum Gasteiger partial charge on any atom is 0.149 e. The standard InChI is InChI=1S/C11H17Cl2N3/c1-6(2)7(3)16(4)11-9(13)5-8(12)10(14)15-11/h5-7H,1-4H3,(H2,14,15). The Morgan fingerprint density at radius 3 is 2.31 bits per heavy atom. The Morgan fingerprint density at radius 1 is 1.25 bits per heavy atom. The quantitative estimate of drug-likeness (QED) is 0.907. The Morgan fingerprint density at radius 2 is 1.81 bits per heavy atom. The van der Waals surface area contributed by atoms with Crippen LogP contribution >= 0.6 is 23.2 Å². The van der Waals surface area contributed by atoms with Crippen molar-refractivity contribution in [3.8, 4) is 0 Å². The van der Waals surface area contributed by atoms with Crippen LogP contribution in [0.25, 0.3) is 0 Å². The highest BCUT2D eigenvalue weighted by molar-refractivity contribution is 6.37. The van der Waals surface area contributed by atoms with Crippen molar-refractivity contribution >= 4 is 34.8 Å². The molecule has 1 atom stereocenters.